The summed E-state index contributed by atoms with van der Waals surface area (Å²) in [4.78, 5) is 19.6. The van der Waals surface area contributed by atoms with Crippen LogP contribution in [0.3, 0.4) is 0 Å². The van der Waals surface area contributed by atoms with Crippen molar-refractivity contribution >= 4 is 35.0 Å². The number of imidazole rings is 1. The number of carbonyl (C=O) groups is 1. The molecule has 1 aliphatic rings. The number of nitrogens with zero attached hydrogens (tertiary/aromatic N) is 3. The first-order valence-electron chi connectivity index (χ1n) is 9.72. The molecule has 1 aromatic heterocycles. The van der Waals surface area contributed by atoms with Crippen LogP contribution in [0, 0.1) is 0 Å². The smallest absolute Gasteiger partial charge is 0.255 e. The lowest BCUT2D eigenvalue weighted by Gasteiger charge is -2.38. The van der Waals surface area contributed by atoms with Crippen molar-refractivity contribution in [3.8, 4) is 5.75 Å². The van der Waals surface area contributed by atoms with Crippen molar-refractivity contribution in [1.82, 2.24) is 19.8 Å². The lowest BCUT2D eigenvalue weighted by atomic mass is 10.0. The number of aryl methyl sites for hydroxylation is 1. The second-order valence-electron chi connectivity index (χ2n) is 7.19. The molecule has 0 radical (unpaired) electrons. The first-order valence-corrected chi connectivity index (χ1v) is 11.1. The summed E-state index contributed by atoms with van der Waals surface area (Å²) in [5.74, 6) is 1.09. The number of aromatic nitrogens is 2. The van der Waals surface area contributed by atoms with Gasteiger partial charge in [-0.1, -0.05) is 23.4 Å². The van der Waals surface area contributed by atoms with Crippen molar-refractivity contribution < 1.29 is 14.3 Å². The molecule has 1 saturated heterocycles. The zero-order valence-electron chi connectivity index (χ0n) is 17.4. The Kier molecular flexibility index (Phi) is 7.87. The molecule has 1 fully saturated rings. The molecule has 1 amide bonds. The molecule has 2 atom stereocenters. The topological polar surface area (TPSA) is 94.6 Å². The normalized spacial score (nSPS) is 19.6. The Hall–Kier alpha value is -1.94. The Balaban J connectivity index is 1.56. The number of likely N-dealkylation sites (tertiary alicyclic amines) is 1. The summed E-state index contributed by atoms with van der Waals surface area (Å²) in [6, 6.07) is 3.01. The van der Waals surface area contributed by atoms with E-state index >= 15 is 0 Å². The molecular formula is C20H28ClN5O3S. The predicted molar refractivity (Wildman–Crippen MR) is 119 cm³/mol. The minimum atomic E-state index is -0.250. The zero-order valence-corrected chi connectivity index (χ0v) is 19.0. The minimum absolute atomic E-state index is 0.0954. The van der Waals surface area contributed by atoms with Gasteiger partial charge in [-0.3, -0.25) is 9.69 Å². The maximum absolute atomic E-state index is 12.9. The highest BCUT2D eigenvalue weighted by Crippen LogP contribution is 2.29. The van der Waals surface area contributed by atoms with Crippen LogP contribution >= 0.6 is 23.4 Å². The number of hydrogen-bond acceptors (Lipinski definition) is 7. The van der Waals surface area contributed by atoms with Crippen LogP contribution in [0.2, 0.25) is 5.02 Å². The summed E-state index contributed by atoms with van der Waals surface area (Å²) in [5.41, 5.74) is 6.54. The Labute approximate surface area is 186 Å². The molecule has 8 nitrogen and oxygen atoms in total. The fourth-order valence-corrected chi connectivity index (χ4v) is 4.60. The van der Waals surface area contributed by atoms with Crippen molar-refractivity contribution in [1.29, 1.82) is 0 Å². The summed E-state index contributed by atoms with van der Waals surface area (Å²) in [6.45, 7) is 2.56. The van der Waals surface area contributed by atoms with Crippen LogP contribution in [0.15, 0.2) is 29.7 Å². The Morgan fingerprint density at radius 1 is 1.43 bits per heavy atom. The van der Waals surface area contributed by atoms with E-state index in [4.69, 9.17) is 26.8 Å². The fourth-order valence-electron chi connectivity index (χ4n) is 3.51. The zero-order chi connectivity index (χ0) is 21.7. The number of rotatable bonds is 8. The number of thioether (sulfide) groups is 1. The van der Waals surface area contributed by atoms with Crippen LogP contribution in [0.4, 0.5) is 5.69 Å². The van der Waals surface area contributed by atoms with Crippen LogP contribution in [0.1, 0.15) is 16.8 Å². The number of carbonyl (C=O) groups excluding carboxylic acids is 1. The standard InChI is InChI=1S/C20H28ClN5O3S/c1-25-7-5-23-20(25)30-9-8-26-6-4-16(18(12-26)29-3)24-19(27)13-10-14(21)15(22)11-17(13)28-2/h5,7,10-11,16,18H,4,6,8-9,12,22H2,1-3H3,(H,24,27). The van der Waals surface area contributed by atoms with Gasteiger partial charge in [-0.15, -0.1) is 0 Å². The molecule has 164 valence electrons. The van der Waals surface area contributed by atoms with Gasteiger partial charge in [0.1, 0.15) is 5.75 Å². The third kappa shape index (κ3) is 5.40. The molecule has 3 N–H and O–H groups in total. The number of halogens is 1. The molecule has 30 heavy (non-hydrogen) atoms. The van der Waals surface area contributed by atoms with Gasteiger partial charge in [0.2, 0.25) is 0 Å². The molecular weight excluding hydrogens is 426 g/mol. The highest BCUT2D eigenvalue weighted by Gasteiger charge is 2.31. The van der Waals surface area contributed by atoms with E-state index in [1.807, 2.05) is 17.8 Å². The van der Waals surface area contributed by atoms with Gasteiger partial charge in [-0.25, -0.2) is 4.98 Å². The van der Waals surface area contributed by atoms with Crippen molar-refractivity contribution in [2.24, 2.45) is 7.05 Å². The van der Waals surface area contributed by atoms with Crippen molar-refractivity contribution in [3.63, 3.8) is 0 Å². The van der Waals surface area contributed by atoms with Gasteiger partial charge >= 0.3 is 0 Å². The molecule has 2 unspecified atom stereocenters. The molecule has 1 aromatic carbocycles. The van der Waals surface area contributed by atoms with E-state index in [2.05, 4.69) is 15.2 Å². The fraction of sp³-hybridized carbons (Fsp3) is 0.500. The van der Waals surface area contributed by atoms with Crippen LogP contribution in [-0.2, 0) is 11.8 Å². The Morgan fingerprint density at radius 2 is 2.23 bits per heavy atom. The first kappa shape index (κ1) is 22.7. The maximum atomic E-state index is 12.9. The average Bonchev–Trinajstić information content (AvgIpc) is 3.15. The van der Waals surface area contributed by atoms with Gasteiger partial charge in [0.15, 0.2) is 5.16 Å². The number of benzene rings is 1. The number of nitrogens with two attached hydrogens (primary N) is 1. The average molecular weight is 454 g/mol. The molecule has 0 saturated carbocycles. The number of anilines is 1. The number of nitrogens with one attached hydrogen (secondary N) is 1. The van der Waals surface area contributed by atoms with Crippen LogP contribution in [0.5, 0.6) is 5.75 Å². The van der Waals surface area contributed by atoms with Crippen LogP contribution in [-0.4, -0.2) is 72.1 Å². The van der Waals surface area contributed by atoms with E-state index in [-0.39, 0.29) is 18.1 Å². The van der Waals surface area contributed by atoms with E-state index in [1.54, 1.807) is 31.1 Å². The van der Waals surface area contributed by atoms with Gasteiger partial charge in [-0.05, 0) is 12.5 Å². The van der Waals surface area contributed by atoms with E-state index in [0.29, 0.717) is 22.0 Å². The number of amides is 1. The molecule has 0 bridgehead atoms. The summed E-state index contributed by atoms with van der Waals surface area (Å²) < 4.78 is 13.0. The largest absolute Gasteiger partial charge is 0.496 e. The highest BCUT2D eigenvalue weighted by atomic mass is 35.5. The van der Waals surface area contributed by atoms with Crippen molar-refractivity contribution in [3.05, 3.63) is 35.1 Å². The minimum Gasteiger partial charge on any atom is -0.496 e. The van der Waals surface area contributed by atoms with E-state index in [9.17, 15) is 4.79 Å². The molecule has 2 heterocycles. The lowest BCUT2D eigenvalue weighted by Crippen LogP contribution is -2.55. The van der Waals surface area contributed by atoms with Gasteiger partial charge < -0.3 is 25.1 Å². The SMILES string of the molecule is COc1cc(N)c(Cl)cc1C(=O)NC1CCN(CCSc2nccn2C)CC1OC. The summed E-state index contributed by atoms with van der Waals surface area (Å²) in [5, 5.41) is 4.41. The first-order chi connectivity index (χ1) is 14.4. The summed E-state index contributed by atoms with van der Waals surface area (Å²) >= 11 is 7.83. The molecule has 0 aliphatic carbocycles. The Bertz CT molecular complexity index is 878. The van der Waals surface area contributed by atoms with Gasteiger partial charge in [0, 0.05) is 58.0 Å². The molecule has 0 spiro atoms. The monoisotopic (exact) mass is 453 g/mol. The van der Waals surface area contributed by atoms with Gasteiger partial charge in [0.25, 0.3) is 5.91 Å². The third-order valence-electron chi connectivity index (χ3n) is 5.24. The van der Waals surface area contributed by atoms with Crippen LogP contribution < -0.4 is 15.8 Å². The van der Waals surface area contributed by atoms with Gasteiger partial charge in [-0.2, -0.15) is 0 Å². The lowest BCUT2D eigenvalue weighted by molar-refractivity contribution is 0.00833. The van der Waals surface area contributed by atoms with Gasteiger partial charge in [0.05, 0.1) is 35.5 Å². The van der Waals surface area contributed by atoms with E-state index in [0.717, 1.165) is 37.0 Å². The van der Waals surface area contributed by atoms with Crippen molar-refractivity contribution in [2.75, 3.05) is 45.3 Å². The number of methoxy groups -OCH3 is 2. The Morgan fingerprint density at radius 3 is 2.90 bits per heavy atom. The summed E-state index contributed by atoms with van der Waals surface area (Å²) in [7, 11) is 5.17. The van der Waals surface area contributed by atoms with E-state index in [1.165, 1.54) is 13.2 Å². The van der Waals surface area contributed by atoms with Crippen molar-refractivity contribution in [2.45, 2.75) is 23.7 Å². The second-order valence-corrected chi connectivity index (χ2v) is 8.66. The third-order valence-corrected chi connectivity index (χ3v) is 6.61. The second kappa shape index (κ2) is 10.4. The van der Waals surface area contributed by atoms with E-state index < -0.39 is 0 Å². The maximum Gasteiger partial charge on any atom is 0.255 e. The molecule has 2 aromatic rings. The number of ether oxygens (including phenoxy) is 2. The number of hydrogen-bond donors (Lipinski definition) is 2. The number of nitrogen functional groups attached to an aromatic ring is 1. The molecule has 1 aliphatic heterocycles. The molecule has 3 rings (SSSR count). The highest BCUT2D eigenvalue weighted by molar-refractivity contribution is 7.99. The summed E-state index contributed by atoms with van der Waals surface area (Å²) in [6.07, 6.45) is 4.44. The number of piperidine rings is 1. The quantitative estimate of drug-likeness (QED) is 0.467. The predicted octanol–water partition coefficient (Wildman–Crippen LogP) is 2.28. The van der Waals surface area contributed by atoms with Crippen LogP contribution in [0.25, 0.3) is 0 Å². The molecule has 10 heteroatoms.